The zero-order chi connectivity index (χ0) is 19.9. The van der Waals surface area contributed by atoms with Gasteiger partial charge in [0.15, 0.2) is 11.5 Å². The number of hydrogen-bond donors (Lipinski definition) is 2. The number of methoxy groups -OCH3 is 1. The number of aromatic nitrogens is 2. The van der Waals surface area contributed by atoms with Gasteiger partial charge in [-0.15, -0.1) is 0 Å². The van der Waals surface area contributed by atoms with Gasteiger partial charge in [-0.2, -0.15) is 10.2 Å². The Balaban J connectivity index is 1.76. The molecule has 0 unspecified atom stereocenters. The van der Waals surface area contributed by atoms with Crippen molar-refractivity contribution in [3.8, 4) is 29.0 Å². The van der Waals surface area contributed by atoms with Crippen molar-refractivity contribution in [1.29, 1.82) is 5.26 Å². The number of aryl methyl sites for hydroxylation is 1. The molecule has 1 aromatic carbocycles. The number of nitrogens with one attached hydrogen (secondary N) is 1. The molecule has 1 aromatic heterocycles. The van der Waals surface area contributed by atoms with Gasteiger partial charge in [-0.25, -0.2) is 0 Å². The van der Waals surface area contributed by atoms with E-state index in [1.165, 1.54) is 13.2 Å². The number of benzene rings is 1. The predicted molar refractivity (Wildman–Crippen MR) is 97.9 cm³/mol. The van der Waals surface area contributed by atoms with Crippen molar-refractivity contribution in [2.24, 2.45) is 5.41 Å². The summed E-state index contributed by atoms with van der Waals surface area (Å²) >= 11 is 0. The Morgan fingerprint density at radius 3 is 2.85 bits per heavy atom. The molecule has 0 fully saturated rings. The predicted octanol–water partition coefficient (Wildman–Crippen LogP) is 2.83. The lowest BCUT2D eigenvalue weighted by molar-refractivity contribution is -0.126. The molecule has 0 aliphatic heterocycles. The topological polar surface area (TPSA) is 121 Å². The molecule has 27 heavy (non-hydrogen) atoms. The second-order valence-corrected chi connectivity index (χ2v) is 6.70. The average molecular weight is 372 g/mol. The molecular weight excluding hydrogens is 348 g/mol. The van der Waals surface area contributed by atoms with E-state index in [9.17, 15) is 9.90 Å². The summed E-state index contributed by atoms with van der Waals surface area (Å²) in [6.45, 7) is 3.73. The van der Waals surface area contributed by atoms with Crippen LogP contribution in [0.3, 0.4) is 0 Å². The lowest BCUT2D eigenvalue weighted by Crippen LogP contribution is -2.36. The Kier molecular flexibility index (Phi) is 6.77. The molecule has 0 saturated carbocycles. The van der Waals surface area contributed by atoms with Gasteiger partial charge in [0.05, 0.1) is 13.2 Å². The molecule has 0 spiro atoms. The number of aromatic hydroxyl groups is 1. The summed E-state index contributed by atoms with van der Waals surface area (Å²) in [5.74, 6) is 1.12. The van der Waals surface area contributed by atoms with Crippen molar-refractivity contribution in [3.05, 3.63) is 24.1 Å². The SMILES string of the molecule is COc1cc(-c2noc(CCCCCNC(=O)C(C)(C)C#N)n2)ccc1O. The Morgan fingerprint density at radius 1 is 1.37 bits per heavy atom. The molecular formula is C19H24N4O4. The maximum absolute atomic E-state index is 11.8. The Bertz CT molecular complexity index is 823. The number of phenols is 1. The fourth-order valence-electron chi connectivity index (χ4n) is 2.34. The first-order valence-electron chi connectivity index (χ1n) is 8.77. The van der Waals surface area contributed by atoms with E-state index in [0.717, 1.165) is 19.3 Å². The second-order valence-electron chi connectivity index (χ2n) is 6.70. The smallest absolute Gasteiger partial charge is 0.239 e. The van der Waals surface area contributed by atoms with Gasteiger partial charge in [0.1, 0.15) is 5.41 Å². The van der Waals surface area contributed by atoms with Crippen LogP contribution in [0.25, 0.3) is 11.4 Å². The molecule has 0 atom stereocenters. The maximum atomic E-state index is 11.8. The van der Waals surface area contributed by atoms with E-state index in [0.29, 0.717) is 36.0 Å². The number of rotatable bonds is 9. The van der Waals surface area contributed by atoms with E-state index in [1.54, 1.807) is 26.0 Å². The molecule has 0 aliphatic rings. The van der Waals surface area contributed by atoms with Gasteiger partial charge in [0.2, 0.25) is 17.6 Å². The zero-order valence-corrected chi connectivity index (χ0v) is 15.8. The van der Waals surface area contributed by atoms with Crippen LogP contribution < -0.4 is 10.1 Å². The molecule has 8 heteroatoms. The number of nitrogens with zero attached hydrogens (tertiary/aromatic N) is 3. The van der Waals surface area contributed by atoms with Crippen molar-refractivity contribution in [2.45, 2.75) is 39.5 Å². The monoisotopic (exact) mass is 372 g/mol. The van der Waals surface area contributed by atoms with E-state index < -0.39 is 5.41 Å². The van der Waals surface area contributed by atoms with E-state index in [-0.39, 0.29) is 11.7 Å². The third-order valence-corrected chi connectivity index (χ3v) is 4.11. The number of carbonyl (C=O) groups excluding carboxylic acids is 1. The lowest BCUT2D eigenvalue weighted by Gasteiger charge is -2.14. The number of phenolic OH excluding ortho intramolecular Hbond substituents is 1. The van der Waals surface area contributed by atoms with E-state index in [1.807, 2.05) is 6.07 Å². The van der Waals surface area contributed by atoms with Crippen molar-refractivity contribution in [3.63, 3.8) is 0 Å². The highest BCUT2D eigenvalue weighted by Gasteiger charge is 2.26. The number of amides is 1. The van der Waals surface area contributed by atoms with Gasteiger partial charge in [0, 0.05) is 18.5 Å². The highest BCUT2D eigenvalue weighted by molar-refractivity contribution is 5.84. The van der Waals surface area contributed by atoms with Crippen LogP contribution in [0.1, 0.15) is 39.0 Å². The van der Waals surface area contributed by atoms with E-state index in [2.05, 4.69) is 15.5 Å². The highest BCUT2D eigenvalue weighted by atomic mass is 16.5. The maximum Gasteiger partial charge on any atom is 0.239 e. The van der Waals surface area contributed by atoms with Crippen LogP contribution >= 0.6 is 0 Å². The molecule has 0 aliphatic carbocycles. The van der Waals surface area contributed by atoms with Gasteiger partial charge in [0.25, 0.3) is 0 Å². The first-order valence-corrected chi connectivity index (χ1v) is 8.77. The van der Waals surface area contributed by atoms with Crippen LogP contribution in [0.2, 0.25) is 0 Å². The number of unbranched alkanes of at least 4 members (excludes halogenated alkanes) is 2. The third kappa shape index (κ3) is 5.45. The van der Waals surface area contributed by atoms with Crippen LogP contribution in [0.15, 0.2) is 22.7 Å². The first-order chi connectivity index (χ1) is 12.9. The van der Waals surface area contributed by atoms with Gasteiger partial charge in [-0.3, -0.25) is 4.79 Å². The summed E-state index contributed by atoms with van der Waals surface area (Å²) in [6, 6.07) is 6.84. The minimum atomic E-state index is -1.00. The van der Waals surface area contributed by atoms with Gasteiger partial charge in [-0.05, 0) is 44.9 Å². The van der Waals surface area contributed by atoms with Gasteiger partial charge < -0.3 is 19.7 Å². The van der Waals surface area contributed by atoms with Crippen LogP contribution in [0.4, 0.5) is 0 Å². The minimum absolute atomic E-state index is 0.0511. The van der Waals surface area contributed by atoms with E-state index >= 15 is 0 Å². The first kappa shape index (κ1) is 20.2. The molecule has 0 radical (unpaired) electrons. The van der Waals surface area contributed by atoms with Crippen LogP contribution in [0.5, 0.6) is 11.5 Å². The standard InChI is InChI=1S/C19H24N4O4/c1-19(2,12-20)18(25)21-10-6-4-5-7-16-22-17(23-27-16)13-8-9-14(24)15(11-13)26-3/h8-9,11,24H,4-7,10H2,1-3H3,(H,21,25). The minimum Gasteiger partial charge on any atom is -0.504 e. The zero-order valence-electron chi connectivity index (χ0n) is 15.8. The molecule has 1 heterocycles. The number of hydrogen-bond acceptors (Lipinski definition) is 7. The molecule has 144 valence electrons. The summed E-state index contributed by atoms with van der Waals surface area (Å²) < 4.78 is 10.3. The second kappa shape index (κ2) is 9.03. The number of nitriles is 1. The summed E-state index contributed by atoms with van der Waals surface area (Å²) in [5, 5.41) is 25.3. The molecule has 2 rings (SSSR count). The Hall–Kier alpha value is -3.08. The fraction of sp³-hybridized carbons (Fsp3) is 0.474. The van der Waals surface area contributed by atoms with Crippen molar-refractivity contribution in [1.82, 2.24) is 15.5 Å². The summed E-state index contributed by atoms with van der Waals surface area (Å²) in [5.41, 5.74) is -0.306. The molecule has 8 nitrogen and oxygen atoms in total. The fourth-order valence-corrected chi connectivity index (χ4v) is 2.34. The van der Waals surface area contributed by atoms with Crippen LogP contribution in [0, 0.1) is 16.7 Å². The van der Waals surface area contributed by atoms with Gasteiger partial charge in [-0.1, -0.05) is 11.6 Å². The third-order valence-electron chi connectivity index (χ3n) is 4.11. The Labute approximate surface area is 158 Å². The lowest BCUT2D eigenvalue weighted by atomic mass is 9.95. The molecule has 2 aromatic rings. The van der Waals surface area contributed by atoms with Gasteiger partial charge >= 0.3 is 0 Å². The Morgan fingerprint density at radius 2 is 2.15 bits per heavy atom. The summed E-state index contributed by atoms with van der Waals surface area (Å²) in [4.78, 5) is 16.1. The molecule has 1 amide bonds. The van der Waals surface area contributed by atoms with E-state index in [4.69, 9.17) is 14.5 Å². The molecule has 0 bridgehead atoms. The van der Waals surface area contributed by atoms with Crippen LogP contribution in [-0.4, -0.2) is 34.8 Å². The van der Waals surface area contributed by atoms with Crippen molar-refractivity contribution in [2.75, 3.05) is 13.7 Å². The largest absolute Gasteiger partial charge is 0.504 e. The number of carbonyl (C=O) groups is 1. The quantitative estimate of drug-likeness (QED) is 0.649. The van der Waals surface area contributed by atoms with Crippen LogP contribution in [-0.2, 0) is 11.2 Å². The normalized spacial score (nSPS) is 11.0. The summed E-state index contributed by atoms with van der Waals surface area (Å²) in [6.07, 6.45) is 3.18. The summed E-state index contributed by atoms with van der Waals surface area (Å²) in [7, 11) is 1.48. The van der Waals surface area contributed by atoms with Crippen molar-refractivity contribution >= 4 is 5.91 Å². The average Bonchev–Trinajstić information content (AvgIpc) is 3.13. The number of ether oxygens (including phenoxy) is 1. The highest BCUT2D eigenvalue weighted by Crippen LogP contribution is 2.30. The molecule has 2 N–H and O–H groups in total. The molecule has 0 saturated heterocycles. The van der Waals surface area contributed by atoms with Crippen molar-refractivity contribution < 1.29 is 19.2 Å².